The summed E-state index contributed by atoms with van der Waals surface area (Å²) in [6.45, 7) is 5.84. The average Bonchev–Trinajstić information content (AvgIpc) is 2.48. The molecule has 0 radical (unpaired) electrons. The van der Waals surface area contributed by atoms with Gasteiger partial charge in [-0.1, -0.05) is 26.7 Å². The Hall–Kier alpha value is -0.130. The van der Waals surface area contributed by atoms with Crippen molar-refractivity contribution in [1.29, 1.82) is 0 Å². The molecule has 1 aliphatic rings. The van der Waals surface area contributed by atoms with E-state index >= 15 is 0 Å². The van der Waals surface area contributed by atoms with Gasteiger partial charge >= 0.3 is 0 Å². The molecule has 1 rings (SSSR count). The van der Waals surface area contributed by atoms with Crippen LogP contribution in [-0.4, -0.2) is 33.8 Å². The van der Waals surface area contributed by atoms with Crippen LogP contribution >= 0.6 is 0 Å². The molecule has 0 heterocycles. The van der Waals surface area contributed by atoms with Crippen LogP contribution < -0.4 is 10.0 Å². The van der Waals surface area contributed by atoms with E-state index in [4.69, 9.17) is 0 Å². The van der Waals surface area contributed by atoms with E-state index in [0.717, 1.165) is 18.4 Å². The number of hydrogen-bond donors (Lipinski definition) is 2. The molecule has 108 valence electrons. The van der Waals surface area contributed by atoms with E-state index < -0.39 is 10.0 Å². The summed E-state index contributed by atoms with van der Waals surface area (Å²) in [4.78, 5) is 0. The van der Waals surface area contributed by atoms with Crippen molar-refractivity contribution in [3.05, 3.63) is 0 Å². The van der Waals surface area contributed by atoms with E-state index in [9.17, 15) is 8.42 Å². The smallest absolute Gasteiger partial charge is 0.208 e. The van der Waals surface area contributed by atoms with Crippen LogP contribution in [0.5, 0.6) is 0 Å². The maximum Gasteiger partial charge on any atom is 0.208 e. The monoisotopic (exact) mass is 276 g/mol. The topological polar surface area (TPSA) is 58.2 Å². The molecule has 0 amide bonds. The van der Waals surface area contributed by atoms with E-state index in [-0.39, 0.29) is 0 Å². The van der Waals surface area contributed by atoms with Crippen molar-refractivity contribution in [3.8, 4) is 0 Å². The van der Waals surface area contributed by atoms with Crippen LogP contribution in [0, 0.1) is 11.8 Å². The molecule has 0 aromatic heterocycles. The van der Waals surface area contributed by atoms with Crippen molar-refractivity contribution < 1.29 is 8.42 Å². The molecule has 0 aromatic rings. The van der Waals surface area contributed by atoms with E-state index in [1.165, 1.54) is 38.4 Å². The molecule has 0 aliphatic heterocycles. The van der Waals surface area contributed by atoms with Gasteiger partial charge in [0.15, 0.2) is 0 Å². The van der Waals surface area contributed by atoms with Crippen LogP contribution in [-0.2, 0) is 10.0 Å². The Bertz CT molecular complexity index is 328. The molecular weight excluding hydrogens is 248 g/mol. The zero-order valence-corrected chi connectivity index (χ0v) is 12.7. The molecule has 2 unspecified atom stereocenters. The fourth-order valence-electron chi connectivity index (χ4n) is 2.71. The molecule has 0 aromatic carbocycles. The first-order valence-corrected chi connectivity index (χ1v) is 8.95. The number of nitrogens with one attached hydrogen (secondary N) is 2. The van der Waals surface area contributed by atoms with Gasteiger partial charge in [-0.25, -0.2) is 13.1 Å². The van der Waals surface area contributed by atoms with Gasteiger partial charge in [0.1, 0.15) is 0 Å². The Labute approximate surface area is 112 Å². The van der Waals surface area contributed by atoms with E-state index in [1.54, 1.807) is 0 Å². The highest BCUT2D eigenvalue weighted by Gasteiger charge is 2.20. The molecule has 1 saturated carbocycles. The minimum atomic E-state index is -3.04. The summed E-state index contributed by atoms with van der Waals surface area (Å²) in [7, 11) is -3.04. The molecule has 0 saturated heterocycles. The largest absolute Gasteiger partial charge is 0.313 e. The molecule has 1 aliphatic carbocycles. The van der Waals surface area contributed by atoms with Crippen LogP contribution in [0.3, 0.4) is 0 Å². The van der Waals surface area contributed by atoms with Gasteiger partial charge in [-0.15, -0.1) is 0 Å². The van der Waals surface area contributed by atoms with Gasteiger partial charge in [-0.3, -0.25) is 0 Å². The molecule has 5 heteroatoms. The van der Waals surface area contributed by atoms with Gasteiger partial charge in [0.25, 0.3) is 0 Å². The fourth-order valence-corrected chi connectivity index (χ4v) is 3.19. The van der Waals surface area contributed by atoms with Gasteiger partial charge in [0.05, 0.1) is 6.26 Å². The Morgan fingerprint density at radius 3 is 2.44 bits per heavy atom. The Morgan fingerprint density at radius 2 is 1.83 bits per heavy atom. The Balaban J connectivity index is 2.20. The van der Waals surface area contributed by atoms with Gasteiger partial charge in [0, 0.05) is 19.1 Å². The summed E-state index contributed by atoms with van der Waals surface area (Å²) >= 11 is 0. The highest BCUT2D eigenvalue weighted by molar-refractivity contribution is 7.88. The summed E-state index contributed by atoms with van der Waals surface area (Å²) in [6, 6.07) is 0.565. The van der Waals surface area contributed by atoms with E-state index in [0.29, 0.717) is 12.6 Å². The summed E-state index contributed by atoms with van der Waals surface area (Å²) in [6.07, 6.45) is 7.59. The number of hydrogen-bond acceptors (Lipinski definition) is 3. The molecule has 0 bridgehead atoms. The van der Waals surface area contributed by atoms with Crippen LogP contribution in [0.1, 0.15) is 46.0 Å². The number of rotatable bonds is 6. The predicted octanol–water partition coefficient (Wildman–Crippen LogP) is 1.73. The van der Waals surface area contributed by atoms with Crippen molar-refractivity contribution in [2.75, 3.05) is 19.3 Å². The first-order chi connectivity index (χ1) is 8.38. The fraction of sp³-hybridized carbons (Fsp3) is 1.00. The van der Waals surface area contributed by atoms with E-state index in [1.807, 2.05) is 0 Å². The van der Waals surface area contributed by atoms with Crippen LogP contribution in [0.25, 0.3) is 0 Å². The van der Waals surface area contributed by atoms with Crippen molar-refractivity contribution in [3.63, 3.8) is 0 Å². The Kier molecular flexibility index (Phi) is 6.60. The second-order valence-corrected chi connectivity index (χ2v) is 7.66. The zero-order chi connectivity index (χ0) is 13.6. The first kappa shape index (κ1) is 15.9. The summed E-state index contributed by atoms with van der Waals surface area (Å²) in [5.41, 5.74) is 0. The second kappa shape index (κ2) is 7.46. The lowest BCUT2D eigenvalue weighted by Gasteiger charge is -2.19. The van der Waals surface area contributed by atoms with E-state index in [2.05, 4.69) is 23.9 Å². The molecule has 4 nitrogen and oxygen atoms in total. The van der Waals surface area contributed by atoms with Crippen molar-refractivity contribution in [2.45, 2.75) is 52.0 Å². The quantitative estimate of drug-likeness (QED) is 0.574. The van der Waals surface area contributed by atoms with Gasteiger partial charge in [0.2, 0.25) is 10.0 Å². The third-order valence-corrected chi connectivity index (χ3v) is 4.61. The number of sulfonamides is 1. The first-order valence-electron chi connectivity index (χ1n) is 7.06. The SMILES string of the molecule is CC(C)C1CCCC(NCCNS(C)(=O)=O)CC1. The maximum atomic E-state index is 10.9. The predicted molar refractivity (Wildman–Crippen MR) is 76.1 cm³/mol. The molecule has 18 heavy (non-hydrogen) atoms. The molecule has 0 spiro atoms. The molecule has 2 N–H and O–H groups in total. The molecular formula is C13H28N2O2S. The van der Waals surface area contributed by atoms with Crippen molar-refractivity contribution >= 4 is 10.0 Å². The average molecular weight is 276 g/mol. The lowest BCUT2D eigenvalue weighted by Crippen LogP contribution is -2.36. The third kappa shape index (κ3) is 6.71. The lowest BCUT2D eigenvalue weighted by atomic mass is 9.89. The van der Waals surface area contributed by atoms with Crippen LogP contribution in [0.2, 0.25) is 0 Å². The minimum Gasteiger partial charge on any atom is -0.313 e. The van der Waals surface area contributed by atoms with Gasteiger partial charge < -0.3 is 5.32 Å². The third-order valence-electron chi connectivity index (χ3n) is 3.88. The lowest BCUT2D eigenvalue weighted by molar-refractivity contribution is 0.338. The van der Waals surface area contributed by atoms with Crippen LogP contribution in [0.15, 0.2) is 0 Å². The maximum absolute atomic E-state index is 10.9. The van der Waals surface area contributed by atoms with Crippen molar-refractivity contribution in [1.82, 2.24) is 10.0 Å². The van der Waals surface area contributed by atoms with Crippen LogP contribution in [0.4, 0.5) is 0 Å². The van der Waals surface area contributed by atoms with Gasteiger partial charge in [-0.05, 0) is 31.1 Å². The second-order valence-electron chi connectivity index (χ2n) is 5.83. The molecule has 2 atom stereocenters. The summed E-state index contributed by atoms with van der Waals surface area (Å²) in [5, 5.41) is 3.47. The highest BCUT2D eigenvalue weighted by atomic mass is 32.2. The minimum absolute atomic E-state index is 0.489. The summed E-state index contributed by atoms with van der Waals surface area (Å²) in [5.74, 6) is 1.65. The standard InChI is InChI=1S/C13H28N2O2S/c1-11(2)12-5-4-6-13(8-7-12)14-9-10-15-18(3,16)17/h11-15H,4-10H2,1-3H3. The summed E-state index contributed by atoms with van der Waals surface area (Å²) < 4.78 is 24.3. The van der Waals surface area contributed by atoms with Crippen molar-refractivity contribution in [2.24, 2.45) is 11.8 Å². The zero-order valence-electron chi connectivity index (χ0n) is 11.9. The normalized spacial score (nSPS) is 26.2. The van der Waals surface area contributed by atoms with Gasteiger partial charge in [-0.2, -0.15) is 0 Å². The highest BCUT2D eigenvalue weighted by Crippen LogP contribution is 2.28. The molecule has 1 fully saturated rings. The Morgan fingerprint density at radius 1 is 1.11 bits per heavy atom.